The maximum Gasteiger partial charge on any atom is 0.306 e. The molecule has 0 fully saturated rings. The predicted molar refractivity (Wildman–Crippen MR) is 84.0 cm³/mol. The summed E-state index contributed by atoms with van der Waals surface area (Å²) in [4.78, 5) is 23.3. The summed E-state index contributed by atoms with van der Waals surface area (Å²) in [6.07, 6.45) is 9.47. The van der Waals surface area contributed by atoms with Gasteiger partial charge < -0.3 is 9.47 Å². The van der Waals surface area contributed by atoms with Gasteiger partial charge in [-0.05, 0) is 18.3 Å². The largest absolute Gasteiger partial charge is 0.469 e. The van der Waals surface area contributed by atoms with Crippen molar-refractivity contribution in [3.63, 3.8) is 0 Å². The van der Waals surface area contributed by atoms with Gasteiger partial charge in [0.05, 0.1) is 27.1 Å². The number of hydrogen-bond acceptors (Lipinski definition) is 4. The lowest BCUT2D eigenvalue weighted by Gasteiger charge is -2.30. The van der Waals surface area contributed by atoms with Crippen LogP contribution in [-0.4, -0.2) is 26.2 Å². The Morgan fingerprint density at radius 1 is 0.810 bits per heavy atom. The topological polar surface area (TPSA) is 52.6 Å². The smallest absolute Gasteiger partial charge is 0.306 e. The maximum atomic E-state index is 11.7. The number of carbonyl (C=O) groups excluding carboxylic acids is 2. The zero-order valence-corrected chi connectivity index (χ0v) is 14.2. The minimum atomic E-state index is -0.315. The molecule has 4 nitrogen and oxygen atoms in total. The van der Waals surface area contributed by atoms with Crippen molar-refractivity contribution >= 4 is 11.9 Å². The molecule has 124 valence electrons. The van der Waals surface area contributed by atoms with Gasteiger partial charge in [0.25, 0.3) is 0 Å². The van der Waals surface area contributed by atoms with Gasteiger partial charge in [-0.1, -0.05) is 52.4 Å². The van der Waals surface area contributed by atoms with E-state index in [1.165, 1.54) is 39.9 Å². The summed E-state index contributed by atoms with van der Waals surface area (Å²) in [5.74, 6) is -0.488. The molecule has 0 saturated carbocycles. The first-order chi connectivity index (χ1) is 10.0. The number of rotatable bonds is 12. The predicted octanol–water partition coefficient (Wildman–Crippen LogP) is 4.26. The van der Waals surface area contributed by atoms with Gasteiger partial charge in [-0.25, -0.2) is 0 Å². The molecule has 0 bridgehead atoms. The molecule has 0 aromatic carbocycles. The first kappa shape index (κ1) is 19.9. The summed E-state index contributed by atoms with van der Waals surface area (Å²) in [6, 6.07) is 0. The van der Waals surface area contributed by atoms with Gasteiger partial charge in [0, 0.05) is 0 Å². The van der Waals surface area contributed by atoms with Crippen LogP contribution in [0.3, 0.4) is 0 Å². The van der Waals surface area contributed by atoms with E-state index in [9.17, 15) is 9.59 Å². The molecule has 0 N–H and O–H groups in total. The Morgan fingerprint density at radius 2 is 1.29 bits per heavy atom. The van der Waals surface area contributed by atoms with Crippen LogP contribution in [0.4, 0.5) is 0 Å². The van der Waals surface area contributed by atoms with Crippen molar-refractivity contribution in [2.75, 3.05) is 14.2 Å². The molecule has 0 radical (unpaired) electrons. The average Bonchev–Trinajstić information content (AvgIpc) is 2.50. The number of carbonyl (C=O) groups is 2. The van der Waals surface area contributed by atoms with E-state index in [0.717, 1.165) is 25.7 Å². The van der Waals surface area contributed by atoms with Crippen molar-refractivity contribution in [1.29, 1.82) is 0 Å². The molecule has 0 atom stereocenters. The SMILES string of the molecule is CCCCCCCCC(CC)(CC(=O)OC)CC(=O)OC. The third-order valence-corrected chi connectivity index (χ3v) is 4.30. The first-order valence-corrected chi connectivity index (χ1v) is 8.17. The molecule has 0 rings (SSSR count). The van der Waals surface area contributed by atoms with Crippen LogP contribution in [0.2, 0.25) is 0 Å². The molecule has 0 spiro atoms. The fourth-order valence-electron chi connectivity index (χ4n) is 2.70. The second-order valence-corrected chi connectivity index (χ2v) is 5.88. The summed E-state index contributed by atoms with van der Waals surface area (Å²) in [5, 5.41) is 0. The van der Waals surface area contributed by atoms with Crippen molar-refractivity contribution < 1.29 is 19.1 Å². The quantitative estimate of drug-likeness (QED) is 0.399. The fraction of sp³-hybridized carbons (Fsp3) is 0.882. The fourth-order valence-corrected chi connectivity index (χ4v) is 2.70. The zero-order valence-electron chi connectivity index (χ0n) is 14.2. The van der Waals surface area contributed by atoms with Crippen LogP contribution >= 0.6 is 0 Å². The maximum absolute atomic E-state index is 11.7. The van der Waals surface area contributed by atoms with E-state index in [0.29, 0.717) is 12.8 Å². The molecule has 0 heterocycles. The van der Waals surface area contributed by atoms with Crippen molar-refractivity contribution in [3.05, 3.63) is 0 Å². The first-order valence-electron chi connectivity index (χ1n) is 8.17. The molecule has 0 aliphatic carbocycles. The van der Waals surface area contributed by atoms with E-state index in [-0.39, 0.29) is 17.4 Å². The molecule has 0 unspecified atom stereocenters. The second kappa shape index (κ2) is 11.6. The molecule has 0 saturated heterocycles. The second-order valence-electron chi connectivity index (χ2n) is 5.88. The van der Waals surface area contributed by atoms with Gasteiger partial charge in [-0.15, -0.1) is 0 Å². The Labute approximate surface area is 129 Å². The Morgan fingerprint density at radius 3 is 1.71 bits per heavy atom. The average molecular weight is 300 g/mol. The van der Waals surface area contributed by atoms with Crippen LogP contribution in [0.5, 0.6) is 0 Å². The van der Waals surface area contributed by atoms with Crippen molar-refractivity contribution in [1.82, 2.24) is 0 Å². The number of unbranched alkanes of at least 4 members (excludes halogenated alkanes) is 5. The highest BCUT2D eigenvalue weighted by atomic mass is 16.5. The highest BCUT2D eigenvalue weighted by Crippen LogP contribution is 2.37. The Kier molecular flexibility index (Phi) is 11.0. The number of hydrogen-bond donors (Lipinski definition) is 0. The Bertz CT molecular complexity index is 281. The van der Waals surface area contributed by atoms with Gasteiger partial charge in [0.1, 0.15) is 0 Å². The summed E-state index contributed by atoms with van der Waals surface area (Å²) >= 11 is 0. The van der Waals surface area contributed by atoms with Crippen molar-refractivity contribution in [2.24, 2.45) is 5.41 Å². The minimum absolute atomic E-state index is 0.244. The molecule has 21 heavy (non-hydrogen) atoms. The summed E-state index contributed by atoms with van der Waals surface area (Å²) in [7, 11) is 2.79. The molecular formula is C17H32O4. The van der Waals surface area contributed by atoms with Gasteiger partial charge in [-0.3, -0.25) is 9.59 Å². The molecule has 0 aliphatic rings. The summed E-state index contributed by atoms with van der Waals surface area (Å²) in [5.41, 5.74) is -0.315. The highest BCUT2D eigenvalue weighted by molar-refractivity contribution is 5.74. The molecule has 0 aromatic heterocycles. The lowest BCUT2D eigenvalue weighted by Crippen LogP contribution is -2.28. The lowest BCUT2D eigenvalue weighted by atomic mass is 9.74. The highest BCUT2D eigenvalue weighted by Gasteiger charge is 2.34. The molecular weight excluding hydrogens is 268 g/mol. The van der Waals surface area contributed by atoms with Crippen molar-refractivity contribution in [2.45, 2.75) is 78.1 Å². The van der Waals surface area contributed by atoms with E-state index >= 15 is 0 Å². The van der Waals surface area contributed by atoms with Crippen LogP contribution < -0.4 is 0 Å². The van der Waals surface area contributed by atoms with Gasteiger partial charge in [0.2, 0.25) is 0 Å². The summed E-state index contributed by atoms with van der Waals surface area (Å²) in [6.45, 7) is 4.23. The van der Waals surface area contributed by atoms with Gasteiger partial charge in [0.15, 0.2) is 0 Å². The van der Waals surface area contributed by atoms with Crippen LogP contribution in [0.1, 0.15) is 78.1 Å². The van der Waals surface area contributed by atoms with E-state index in [4.69, 9.17) is 9.47 Å². The van der Waals surface area contributed by atoms with E-state index in [1.807, 2.05) is 6.92 Å². The number of ether oxygens (including phenoxy) is 2. The number of esters is 2. The van der Waals surface area contributed by atoms with Gasteiger partial charge >= 0.3 is 11.9 Å². The zero-order chi connectivity index (χ0) is 16.1. The van der Waals surface area contributed by atoms with E-state index in [2.05, 4.69) is 6.92 Å². The molecule has 0 amide bonds. The van der Waals surface area contributed by atoms with Crippen LogP contribution in [0, 0.1) is 5.41 Å². The van der Waals surface area contributed by atoms with Crippen molar-refractivity contribution in [3.8, 4) is 0 Å². The van der Waals surface area contributed by atoms with Crippen LogP contribution in [0.15, 0.2) is 0 Å². The van der Waals surface area contributed by atoms with Crippen LogP contribution in [-0.2, 0) is 19.1 Å². The third kappa shape index (κ3) is 8.74. The monoisotopic (exact) mass is 300 g/mol. The van der Waals surface area contributed by atoms with Crippen LogP contribution in [0.25, 0.3) is 0 Å². The van der Waals surface area contributed by atoms with E-state index in [1.54, 1.807) is 0 Å². The van der Waals surface area contributed by atoms with Gasteiger partial charge in [-0.2, -0.15) is 0 Å². The standard InChI is InChI=1S/C17H32O4/c1-5-7-8-9-10-11-12-17(6-2,13-15(18)20-3)14-16(19)21-4/h5-14H2,1-4H3. The third-order valence-electron chi connectivity index (χ3n) is 4.30. The molecule has 0 aliphatic heterocycles. The Hall–Kier alpha value is -1.06. The Balaban J connectivity index is 4.47. The molecule has 0 aromatic rings. The normalized spacial score (nSPS) is 11.2. The number of methoxy groups -OCH3 is 2. The molecule has 4 heteroatoms. The minimum Gasteiger partial charge on any atom is -0.469 e. The van der Waals surface area contributed by atoms with E-state index < -0.39 is 0 Å². The summed E-state index contributed by atoms with van der Waals surface area (Å²) < 4.78 is 9.58. The lowest BCUT2D eigenvalue weighted by molar-refractivity contribution is -0.148.